The Kier molecular flexibility index (Phi) is 19.5. The van der Waals surface area contributed by atoms with Crippen molar-refractivity contribution in [3.05, 3.63) is 0 Å². The van der Waals surface area contributed by atoms with Gasteiger partial charge in [0.05, 0.1) is 0 Å². The number of aliphatic carboxylic acids is 2. The molecular formula is C30H58O4. The number of carboxylic acids is 2. The van der Waals surface area contributed by atoms with Crippen LogP contribution in [0, 0.1) is 23.2 Å². The van der Waals surface area contributed by atoms with E-state index in [-0.39, 0.29) is 18.3 Å². The van der Waals surface area contributed by atoms with E-state index in [0.717, 1.165) is 56.8 Å². The Hall–Kier alpha value is -1.06. The summed E-state index contributed by atoms with van der Waals surface area (Å²) in [6.45, 7) is 11.7. The molecule has 0 heterocycles. The predicted molar refractivity (Wildman–Crippen MR) is 144 cm³/mol. The minimum Gasteiger partial charge on any atom is -0.481 e. The van der Waals surface area contributed by atoms with Gasteiger partial charge in [0.15, 0.2) is 0 Å². The van der Waals surface area contributed by atoms with Crippen LogP contribution in [0.1, 0.15) is 157 Å². The van der Waals surface area contributed by atoms with Crippen molar-refractivity contribution in [3.63, 3.8) is 0 Å². The first kappa shape index (κ1) is 32.9. The average Bonchev–Trinajstić information content (AvgIpc) is 2.80. The van der Waals surface area contributed by atoms with Gasteiger partial charge in [-0.05, 0) is 55.3 Å². The van der Waals surface area contributed by atoms with Crippen LogP contribution in [0.15, 0.2) is 0 Å². The third-order valence-corrected chi connectivity index (χ3v) is 8.23. The molecule has 0 aliphatic heterocycles. The monoisotopic (exact) mass is 482 g/mol. The second kappa shape index (κ2) is 20.2. The van der Waals surface area contributed by atoms with Gasteiger partial charge >= 0.3 is 11.9 Å². The van der Waals surface area contributed by atoms with Gasteiger partial charge < -0.3 is 10.2 Å². The normalized spacial score (nSPS) is 16.0. The molecule has 0 saturated carbocycles. The van der Waals surface area contributed by atoms with Crippen LogP contribution in [0.4, 0.5) is 0 Å². The summed E-state index contributed by atoms with van der Waals surface area (Å²) in [5, 5.41) is 18.3. The quantitative estimate of drug-likeness (QED) is 0.134. The number of carbonyl (C=O) groups is 2. The van der Waals surface area contributed by atoms with Gasteiger partial charge in [-0.3, -0.25) is 9.59 Å². The zero-order chi connectivity index (χ0) is 25.8. The molecule has 0 radical (unpaired) electrons. The molecule has 0 fully saturated rings. The third kappa shape index (κ3) is 15.8. The van der Waals surface area contributed by atoms with E-state index in [0.29, 0.717) is 5.92 Å². The second-order valence-corrected chi connectivity index (χ2v) is 11.2. The van der Waals surface area contributed by atoms with Crippen molar-refractivity contribution in [1.82, 2.24) is 0 Å². The molecule has 4 heteroatoms. The molecule has 3 unspecified atom stereocenters. The van der Waals surface area contributed by atoms with Gasteiger partial charge in [-0.25, -0.2) is 0 Å². The van der Waals surface area contributed by atoms with Crippen LogP contribution < -0.4 is 0 Å². The van der Waals surface area contributed by atoms with Crippen molar-refractivity contribution in [2.45, 2.75) is 157 Å². The lowest BCUT2D eigenvalue weighted by molar-refractivity contribution is -0.138. The highest BCUT2D eigenvalue weighted by atomic mass is 16.4. The zero-order valence-corrected chi connectivity index (χ0v) is 23.4. The molecule has 2 N–H and O–H groups in total. The fourth-order valence-corrected chi connectivity index (χ4v) is 5.96. The molecule has 0 bridgehead atoms. The van der Waals surface area contributed by atoms with Crippen molar-refractivity contribution in [2.75, 3.05) is 0 Å². The maximum absolute atomic E-state index is 11.5. The molecular weight excluding hydrogens is 424 g/mol. The van der Waals surface area contributed by atoms with Crippen LogP contribution in [-0.4, -0.2) is 22.2 Å². The minimum absolute atomic E-state index is 0.196. The Bertz CT molecular complexity index is 498. The maximum atomic E-state index is 11.5. The van der Waals surface area contributed by atoms with Crippen molar-refractivity contribution in [1.29, 1.82) is 0 Å². The molecule has 0 aliphatic carbocycles. The molecule has 0 aliphatic rings. The smallest absolute Gasteiger partial charge is 0.303 e. The number of hydrogen-bond donors (Lipinski definition) is 2. The largest absolute Gasteiger partial charge is 0.481 e. The lowest BCUT2D eigenvalue weighted by Crippen LogP contribution is -2.33. The standard InChI is InChI=1S/C30H58O4/c1-6-10-17-25(8-3)23-30(5,24-26(9-4)18-11-7-2)27(21-22-29(33)34)19-15-13-12-14-16-20-28(31)32/h25-27H,6-24H2,1-5H3,(H,31,32)(H,33,34). The van der Waals surface area contributed by atoms with Crippen molar-refractivity contribution in [3.8, 4) is 0 Å². The molecule has 0 spiro atoms. The molecule has 0 rings (SSSR count). The molecule has 34 heavy (non-hydrogen) atoms. The van der Waals surface area contributed by atoms with E-state index in [9.17, 15) is 14.7 Å². The first-order valence-corrected chi connectivity index (χ1v) is 14.7. The molecule has 3 atom stereocenters. The lowest BCUT2D eigenvalue weighted by atomic mass is 9.62. The van der Waals surface area contributed by atoms with Crippen LogP contribution in [0.5, 0.6) is 0 Å². The van der Waals surface area contributed by atoms with E-state index in [1.54, 1.807) is 0 Å². The lowest BCUT2D eigenvalue weighted by Gasteiger charge is -2.43. The molecule has 0 aromatic rings. The molecule has 0 saturated heterocycles. The molecule has 0 aromatic carbocycles. The molecule has 202 valence electrons. The van der Waals surface area contributed by atoms with Crippen molar-refractivity contribution < 1.29 is 19.8 Å². The van der Waals surface area contributed by atoms with Crippen molar-refractivity contribution >= 4 is 11.9 Å². The van der Waals surface area contributed by atoms with Gasteiger partial charge in [-0.1, -0.05) is 112 Å². The number of hydrogen-bond acceptors (Lipinski definition) is 2. The highest BCUT2D eigenvalue weighted by Crippen LogP contribution is 2.47. The number of unbranched alkanes of at least 4 members (excludes halogenated alkanes) is 6. The first-order valence-electron chi connectivity index (χ1n) is 14.7. The van der Waals surface area contributed by atoms with E-state index >= 15 is 0 Å². The fourth-order valence-electron chi connectivity index (χ4n) is 5.96. The second-order valence-electron chi connectivity index (χ2n) is 11.2. The molecule has 0 aromatic heterocycles. The van der Waals surface area contributed by atoms with Crippen LogP contribution in [-0.2, 0) is 9.59 Å². The maximum Gasteiger partial charge on any atom is 0.303 e. The van der Waals surface area contributed by atoms with Crippen LogP contribution >= 0.6 is 0 Å². The van der Waals surface area contributed by atoms with Gasteiger partial charge in [0.25, 0.3) is 0 Å². The van der Waals surface area contributed by atoms with Crippen LogP contribution in [0.25, 0.3) is 0 Å². The van der Waals surface area contributed by atoms with Crippen LogP contribution in [0.3, 0.4) is 0 Å². The average molecular weight is 483 g/mol. The van der Waals surface area contributed by atoms with Crippen LogP contribution in [0.2, 0.25) is 0 Å². The summed E-state index contributed by atoms with van der Waals surface area (Å²) < 4.78 is 0. The van der Waals surface area contributed by atoms with E-state index in [4.69, 9.17) is 5.11 Å². The van der Waals surface area contributed by atoms with Gasteiger partial charge in [0.1, 0.15) is 0 Å². The van der Waals surface area contributed by atoms with E-state index in [1.165, 1.54) is 64.2 Å². The highest BCUT2D eigenvalue weighted by molar-refractivity contribution is 5.66. The Morgan fingerprint density at radius 1 is 0.618 bits per heavy atom. The first-order chi connectivity index (χ1) is 16.2. The minimum atomic E-state index is -0.702. The highest BCUT2D eigenvalue weighted by Gasteiger charge is 2.37. The summed E-state index contributed by atoms with van der Waals surface area (Å²) in [7, 11) is 0. The third-order valence-electron chi connectivity index (χ3n) is 8.23. The van der Waals surface area contributed by atoms with Gasteiger partial charge in [0, 0.05) is 12.8 Å². The van der Waals surface area contributed by atoms with E-state index < -0.39 is 11.9 Å². The van der Waals surface area contributed by atoms with Gasteiger partial charge in [0.2, 0.25) is 0 Å². The van der Waals surface area contributed by atoms with Crippen molar-refractivity contribution in [2.24, 2.45) is 23.2 Å². The Labute approximate surface area is 211 Å². The molecule has 0 amide bonds. The summed E-state index contributed by atoms with van der Waals surface area (Å²) in [5.74, 6) is 0.548. The summed E-state index contributed by atoms with van der Waals surface area (Å²) >= 11 is 0. The number of rotatable bonds is 24. The van der Waals surface area contributed by atoms with Gasteiger partial charge in [-0.2, -0.15) is 0 Å². The Morgan fingerprint density at radius 3 is 1.53 bits per heavy atom. The topological polar surface area (TPSA) is 74.6 Å². The molecule has 4 nitrogen and oxygen atoms in total. The van der Waals surface area contributed by atoms with Gasteiger partial charge in [-0.15, -0.1) is 0 Å². The Balaban J connectivity index is 5.42. The Morgan fingerprint density at radius 2 is 1.09 bits per heavy atom. The summed E-state index contributed by atoms with van der Waals surface area (Å²) in [6, 6.07) is 0. The SMILES string of the molecule is CCCCC(CC)CC(C)(CC(CC)CCCC)C(CCCCCCCC(=O)O)CCC(=O)O. The number of carboxylic acid groups (broad SMARTS) is 2. The summed E-state index contributed by atoms with van der Waals surface area (Å²) in [4.78, 5) is 22.2. The fraction of sp³-hybridized carbons (Fsp3) is 0.933. The van der Waals surface area contributed by atoms with E-state index in [1.807, 2.05) is 0 Å². The summed E-state index contributed by atoms with van der Waals surface area (Å²) in [6.07, 6.45) is 20.1. The summed E-state index contributed by atoms with van der Waals surface area (Å²) in [5.41, 5.74) is 0.196. The predicted octanol–water partition coefficient (Wildman–Crippen LogP) is 9.50. The van der Waals surface area contributed by atoms with E-state index in [2.05, 4.69) is 34.6 Å². The zero-order valence-electron chi connectivity index (χ0n) is 23.4.